The summed E-state index contributed by atoms with van der Waals surface area (Å²) in [5.41, 5.74) is 2.78. The Bertz CT molecular complexity index is 695. The fourth-order valence-electron chi connectivity index (χ4n) is 3.52. The van der Waals surface area contributed by atoms with E-state index >= 15 is 0 Å². The maximum Gasteiger partial charge on any atom is 0.161 e. The third-order valence-electron chi connectivity index (χ3n) is 4.96. The molecule has 0 saturated carbocycles. The summed E-state index contributed by atoms with van der Waals surface area (Å²) < 4.78 is 17.0. The van der Waals surface area contributed by atoms with Crippen molar-refractivity contribution in [2.75, 3.05) is 20.3 Å². The Morgan fingerprint density at radius 2 is 1.92 bits per heavy atom. The van der Waals surface area contributed by atoms with E-state index in [1.54, 1.807) is 7.11 Å². The molecule has 25 heavy (non-hydrogen) atoms. The summed E-state index contributed by atoms with van der Waals surface area (Å²) in [5, 5.41) is 0. The molecule has 0 aromatic heterocycles. The molecule has 0 N–H and O–H groups in total. The minimum absolute atomic E-state index is 0.472. The smallest absolute Gasteiger partial charge is 0.161 e. The van der Waals surface area contributed by atoms with E-state index in [4.69, 9.17) is 14.2 Å². The Balaban J connectivity index is 1.59. The van der Waals surface area contributed by atoms with E-state index in [1.165, 1.54) is 11.1 Å². The third-order valence-corrected chi connectivity index (χ3v) is 4.96. The SMILES string of the molecule is CCC(CC(C)COc1ccccc1OC)c1ccc2c(c1)CCO2. The largest absolute Gasteiger partial charge is 0.493 e. The summed E-state index contributed by atoms with van der Waals surface area (Å²) in [6, 6.07) is 14.5. The maximum atomic E-state index is 6.00. The van der Waals surface area contributed by atoms with Crippen LogP contribution in [-0.4, -0.2) is 20.3 Å². The van der Waals surface area contributed by atoms with Crippen LogP contribution in [0.3, 0.4) is 0 Å². The van der Waals surface area contributed by atoms with E-state index in [2.05, 4.69) is 32.0 Å². The normalized spacial score (nSPS) is 15.2. The molecule has 0 spiro atoms. The molecule has 0 fully saturated rings. The lowest BCUT2D eigenvalue weighted by Crippen LogP contribution is -2.13. The second-order valence-electron chi connectivity index (χ2n) is 6.87. The van der Waals surface area contributed by atoms with Crippen LogP contribution in [0, 0.1) is 5.92 Å². The van der Waals surface area contributed by atoms with E-state index in [0.29, 0.717) is 18.4 Å². The number of para-hydroxylation sites is 2. The fourth-order valence-corrected chi connectivity index (χ4v) is 3.52. The van der Waals surface area contributed by atoms with Gasteiger partial charge in [-0.15, -0.1) is 0 Å². The van der Waals surface area contributed by atoms with Crippen LogP contribution >= 0.6 is 0 Å². The van der Waals surface area contributed by atoms with Gasteiger partial charge >= 0.3 is 0 Å². The number of fused-ring (bicyclic) bond motifs is 1. The molecule has 1 aliphatic heterocycles. The van der Waals surface area contributed by atoms with Gasteiger partial charge in [0.15, 0.2) is 11.5 Å². The number of ether oxygens (including phenoxy) is 3. The number of hydrogen-bond acceptors (Lipinski definition) is 3. The van der Waals surface area contributed by atoms with Gasteiger partial charge in [-0.3, -0.25) is 0 Å². The summed E-state index contributed by atoms with van der Waals surface area (Å²) in [4.78, 5) is 0. The Labute approximate surface area is 150 Å². The van der Waals surface area contributed by atoms with Crippen LogP contribution in [-0.2, 0) is 6.42 Å². The van der Waals surface area contributed by atoms with Crippen LogP contribution in [0.4, 0.5) is 0 Å². The van der Waals surface area contributed by atoms with Gasteiger partial charge in [0.2, 0.25) is 0 Å². The molecule has 0 aliphatic carbocycles. The summed E-state index contributed by atoms with van der Waals surface area (Å²) >= 11 is 0. The average Bonchev–Trinajstić information content (AvgIpc) is 3.12. The first kappa shape index (κ1) is 17.7. The van der Waals surface area contributed by atoms with E-state index in [1.807, 2.05) is 24.3 Å². The monoisotopic (exact) mass is 340 g/mol. The highest BCUT2D eigenvalue weighted by Gasteiger charge is 2.18. The van der Waals surface area contributed by atoms with E-state index < -0.39 is 0 Å². The van der Waals surface area contributed by atoms with Crippen LogP contribution < -0.4 is 14.2 Å². The first-order valence-corrected chi connectivity index (χ1v) is 9.22. The van der Waals surface area contributed by atoms with Crippen molar-refractivity contribution in [1.29, 1.82) is 0 Å². The van der Waals surface area contributed by atoms with E-state index in [9.17, 15) is 0 Å². The van der Waals surface area contributed by atoms with E-state index in [0.717, 1.165) is 43.1 Å². The predicted molar refractivity (Wildman–Crippen MR) is 101 cm³/mol. The zero-order valence-corrected chi connectivity index (χ0v) is 15.5. The molecule has 1 heterocycles. The van der Waals surface area contributed by atoms with Gasteiger partial charge in [0.1, 0.15) is 5.75 Å². The van der Waals surface area contributed by atoms with Crippen LogP contribution in [0.15, 0.2) is 42.5 Å². The summed E-state index contributed by atoms with van der Waals surface area (Å²) in [7, 11) is 1.68. The molecule has 1 aliphatic rings. The summed E-state index contributed by atoms with van der Waals surface area (Å²) in [6.07, 6.45) is 3.29. The van der Waals surface area contributed by atoms with Crippen molar-refractivity contribution in [2.24, 2.45) is 5.92 Å². The first-order valence-electron chi connectivity index (χ1n) is 9.22. The molecular weight excluding hydrogens is 312 g/mol. The zero-order valence-electron chi connectivity index (χ0n) is 15.5. The van der Waals surface area contributed by atoms with Gasteiger partial charge in [0.25, 0.3) is 0 Å². The van der Waals surface area contributed by atoms with Crippen molar-refractivity contribution >= 4 is 0 Å². The Morgan fingerprint density at radius 1 is 1.12 bits per heavy atom. The zero-order chi connectivity index (χ0) is 17.6. The lowest BCUT2D eigenvalue weighted by molar-refractivity contribution is 0.233. The molecule has 0 amide bonds. The fraction of sp³-hybridized carbons (Fsp3) is 0.455. The van der Waals surface area contributed by atoms with Gasteiger partial charge in [-0.25, -0.2) is 0 Å². The standard InChI is InChI=1S/C22H28O3/c1-4-17(18-9-10-20-19(14-18)11-12-24-20)13-16(2)15-25-22-8-6-5-7-21(22)23-3/h5-10,14,16-17H,4,11-13,15H2,1-3H3. The van der Waals surface area contributed by atoms with Crippen molar-refractivity contribution in [3.8, 4) is 17.2 Å². The molecule has 2 unspecified atom stereocenters. The topological polar surface area (TPSA) is 27.7 Å². The molecule has 2 aromatic rings. The number of rotatable bonds is 8. The molecule has 3 nitrogen and oxygen atoms in total. The number of benzene rings is 2. The molecule has 0 saturated heterocycles. The maximum absolute atomic E-state index is 6.00. The van der Waals surface area contributed by atoms with Crippen molar-refractivity contribution in [2.45, 2.75) is 39.0 Å². The highest BCUT2D eigenvalue weighted by molar-refractivity contribution is 5.41. The quantitative estimate of drug-likeness (QED) is 0.658. The predicted octanol–water partition coefficient (Wildman–Crippen LogP) is 5.23. The van der Waals surface area contributed by atoms with Gasteiger partial charge in [-0.05, 0) is 54.0 Å². The second kappa shape index (κ2) is 8.28. The molecule has 0 bridgehead atoms. The molecule has 3 rings (SSSR count). The van der Waals surface area contributed by atoms with Crippen LogP contribution in [0.1, 0.15) is 43.7 Å². The average molecular weight is 340 g/mol. The Morgan fingerprint density at radius 3 is 2.68 bits per heavy atom. The van der Waals surface area contributed by atoms with E-state index in [-0.39, 0.29) is 0 Å². The molecular formula is C22H28O3. The molecule has 2 atom stereocenters. The molecule has 134 valence electrons. The van der Waals surface area contributed by atoms with Crippen LogP contribution in [0.5, 0.6) is 17.2 Å². The summed E-state index contributed by atoms with van der Waals surface area (Å²) in [5.74, 6) is 3.70. The van der Waals surface area contributed by atoms with Gasteiger partial charge < -0.3 is 14.2 Å². The molecule has 0 radical (unpaired) electrons. The van der Waals surface area contributed by atoms with Crippen LogP contribution in [0.2, 0.25) is 0 Å². The summed E-state index contributed by atoms with van der Waals surface area (Å²) in [6.45, 7) is 6.04. The number of hydrogen-bond donors (Lipinski definition) is 0. The minimum atomic E-state index is 0.472. The van der Waals surface area contributed by atoms with Gasteiger partial charge in [-0.1, -0.05) is 38.1 Å². The lowest BCUT2D eigenvalue weighted by Gasteiger charge is -2.21. The van der Waals surface area contributed by atoms with Crippen molar-refractivity contribution in [3.05, 3.63) is 53.6 Å². The molecule has 3 heteroatoms. The van der Waals surface area contributed by atoms with Crippen molar-refractivity contribution in [1.82, 2.24) is 0 Å². The Kier molecular flexibility index (Phi) is 5.85. The highest BCUT2D eigenvalue weighted by atomic mass is 16.5. The van der Waals surface area contributed by atoms with Gasteiger partial charge in [0.05, 0.1) is 20.3 Å². The number of methoxy groups -OCH3 is 1. The lowest BCUT2D eigenvalue weighted by atomic mass is 9.87. The first-order chi connectivity index (χ1) is 12.2. The van der Waals surface area contributed by atoms with Gasteiger partial charge in [-0.2, -0.15) is 0 Å². The molecule has 2 aromatic carbocycles. The van der Waals surface area contributed by atoms with Crippen molar-refractivity contribution in [3.63, 3.8) is 0 Å². The van der Waals surface area contributed by atoms with Gasteiger partial charge in [0, 0.05) is 6.42 Å². The van der Waals surface area contributed by atoms with Crippen molar-refractivity contribution < 1.29 is 14.2 Å². The highest BCUT2D eigenvalue weighted by Crippen LogP contribution is 2.33. The van der Waals surface area contributed by atoms with Crippen LogP contribution in [0.25, 0.3) is 0 Å². The third kappa shape index (κ3) is 4.28. The second-order valence-corrected chi connectivity index (χ2v) is 6.87. The Hall–Kier alpha value is -2.16. The minimum Gasteiger partial charge on any atom is -0.493 e.